The van der Waals surface area contributed by atoms with E-state index in [1.54, 1.807) is 30.3 Å². The Kier molecular flexibility index (Phi) is 6.65. The minimum Gasteiger partial charge on any atom is -0.489 e. The molecule has 3 aromatic carbocycles. The van der Waals surface area contributed by atoms with Crippen molar-refractivity contribution in [3.8, 4) is 5.75 Å². The summed E-state index contributed by atoms with van der Waals surface area (Å²) < 4.78 is 12.4. The number of esters is 1. The van der Waals surface area contributed by atoms with Crippen molar-refractivity contribution in [1.82, 2.24) is 0 Å². The molecular formula is C25H19IN2O4. The molecule has 0 bridgehead atoms. The van der Waals surface area contributed by atoms with Gasteiger partial charge < -0.3 is 14.8 Å². The fraction of sp³-hybridized carbons (Fsp3) is 0.0800. The van der Waals surface area contributed by atoms with E-state index >= 15 is 0 Å². The highest BCUT2D eigenvalue weighted by Gasteiger charge is 2.24. The van der Waals surface area contributed by atoms with Crippen LogP contribution in [0.25, 0.3) is 6.08 Å². The first kappa shape index (κ1) is 21.8. The summed E-state index contributed by atoms with van der Waals surface area (Å²) in [7, 11) is 0. The normalized spacial score (nSPS) is 14.1. The predicted molar refractivity (Wildman–Crippen MR) is 131 cm³/mol. The number of hydrogen-bond acceptors (Lipinski definition) is 5. The topological polar surface area (TPSA) is 77.0 Å². The zero-order chi connectivity index (χ0) is 22.5. The lowest BCUT2D eigenvalue weighted by Gasteiger charge is -2.07. The smallest absolute Gasteiger partial charge is 0.363 e. The Morgan fingerprint density at radius 1 is 1.09 bits per heavy atom. The maximum Gasteiger partial charge on any atom is 0.363 e. The molecule has 160 valence electrons. The number of nitrogens with one attached hydrogen (secondary N) is 1. The molecule has 3 aromatic rings. The Balaban J connectivity index is 1.48. The van der Waals surface area contributed by atoms with Crippen LogP contribution in [0.3, 0.4) is 0 Å². The summed E-state index contributed by atoms with van der Waals surface area (Å²) in [5.41, 5.74) is 3.37. The number of carbonyl (C=O) groups is 2. The number of ether oxygens (including phenoxy) is 2. The van der Waals surface area contributed by atoms with Crippen molar-refractivity contribution < 1.29 is 19.1 Å². The van der Waals surface area contributed by atoms with E-state index in [0.717, 1.165) is 14.7 Å². The van der Waals surface area contributed by atoms with E-state index in [0.29, 0.717) is 23.6 Å². The first-order valence-corrected chi connectivity index (χ1v) is 10.9. The van der Waals surface area contributed by atoms with Crippen LogP contribution >= 0.6 is 22.6 Å². The molecule has 1 aliphatic rings. The van der Waals surface area contributed by atoms with Crippen LogP contribution < -0.4 is 10.1 Å². The molecule has 0 saturated heterocycles. The Morgan fingerprint density at radius 3 is 2.62 bits per heavy atom. The maximum absolute atomic E-state index is 12.3. The molecule has 0 spiro atoms. The van der Waals surface area contributed by atoms with Crippen LogP contribution in [0.1, 0.15) is 23.6 Å². The molecule has 1 amide bonds. The van der Waals surface area contributed by atoms with Crippen LogP contribution in [0.5, 0.6) is 5.75 Å². The van der Waals surface area contributed by atoms with E-state index in [2.05, 4.69) is 39.0 Å². The highest BCUT2D eigenvalue weighted by molar-refractivity contribution is 14.1. The lowest BCUT2D eigenvalue weighted by atomic mass is 10.2. The molecule has 0 radical (unpaired) electrons. The Bertz CT molecular complexity index is 1230. The Hall–Kier alpha value is -3.46. The van der Waals surface area contributed by atoms with Crippen LogP contribution in [0.15, 0.2) is 83.5 Å². The third-order valence-corrected chi connectivity index (χ3v) is 5.20. The molecule has 1 heterocycles. The maximum atomic E-state index is 12.3. The predicted octanol–water partition coefficient (Wildman–Crippen LogP) is 5.17. The van der Waals surface area contributed by atoms with E-state index in [1.165, 1.54) is 6.92 Å². The quantitative estimate of drug-likeness (QED) is 0.267. The van der Waals surface area contributed by atoms with Gasteiger partial charge in [-0.05, 0) is 88.3 Å². The molecule has 0 atom stereocenters. The van der Waals surface area contributed by atoms with Crippen molar-refractivity contribution in [1.29, 1.82) is 0 Å². The number of hydrogen-bond donors (Lipinski definition) is 1. The van der Waals surface area contributed by atoms with Crippen LogP contribution in [0.4, 0.5) is 5.69 Å². The van der Waals surface area contributed by atoms with Gasteiger partial charge in [0.1, 0.15) is 12.4 Å². The lowest BCUT2D eigenvalue weighted by Crippen LogP contribution is -2.07. The largest absolute Gasteiger partial charge is 0.489 e. The van der Waals surface area contributed by atoms with Crippen molar-refractivity contribution in [3.63, 3.8) is 0 Å². The average Bonchev–Trinajstić information content (AvgIpc) is 3.13. The summed E-state index contributed by atoms with van der Waals surface area (Å²) in [5, 5.41) is 2.69. The second kappa shape index (κ2) is 9.78. The number of cyclic esters (lactones) is 1. The van der Waals surface area contributed by atoms with Crippen LogP contribution in [-0.4, -0.2) is 17.8 Å². The Morgan fingerprint density at radius 2 is 1.88 bits per heavy atom. The minimum atomic E-state index is -0.517. The van der Waals surface area contributed by atoms with Crippen LogP contribution in [0, 0.1) is 3.57 Å². The number of rotatable bonds is 6. The van der Waals surface area contributed by atoms with Crippen molar-refractivity contribution in [2.45, 2.75) is 13.5 Å². The number of carbonyl (C=O) groups excluding carboxylic acids is 2. The van der Waals surface area contributed by atoms with Gasteiger partial charge in [-0.3, -0.25) is 4.79 Å². The van der Waals surface area contributed by atoms with Crippen molar-refractivity contribution in [2.75, 3.05) is 5.32 Å². The van der Waals surface area contributed by atoms with E-state index < -0.39 is 5.97 Å². The van der Waals surface area contributed by atoms with Crippen molar-refractivity contribution >= 4 is 52.1 Å². The van der Waals surface area contributed by atoms with Gasteiger partial charge in [0.15, 0.2) is 5.70 Å². The number of benzene rings is 3. The molecule has 0 unspecified atom stereocenters. The van der Waals surface area contributed by atoms with Gasteiger partial charge in [-0.15, -0.1) is 0 Å². The van der Waals surface area contributed by atoms with Gasteiger partial charge in [0.05, 0.1) is 0 Å². The highest BCUT2D eigenvalue weighted by atomic mass is 127. The summed E-state index contributed by atoms with van der Waals surface area (Å²) in [4.78, 5) is 27.8. The standard InChI is InChI=1S/C25H19IN2O4/c1-16(29)27-21-10-8-19(9-11-21)24-28-23(25(30)32-24)14-17-4-3-7-22(13-17)31-15-18-5-2-6-20(26)12-18/h2-14H,15H2,1H3,(H,27,29)/b23-14-. The second-order valence-electron chi connectivity index (χ2n) is 7.09. The summed E-state index contributed by atoms with van der Waals surface area (Å²) in [6.45, 7) is 1.89. The van der Waals surface area contributed by atoms with Gasteiger partial charge in [-0.1, -0.05) is 24.3 Å². The number of aliphatic imine (C=N–C) groups is 1. The molecule has 1 aliphatic heterocycles. The zero-order valence-electron chi connectivity index (χ0n) is 17.2. The number of nitrogens with zero attached hydrogens (tertiary/aromatic N) is 1. The van der Waals surface area contributed by atoms with Gasteiger partial charge in [0.2, 0.25) is 11.8 Å². The van der Waals surface area contributed by atoms with Gasteiger partial charge >= 0.3 is 5.97 Å². The monoisotopic (exact) mass is 538 g/mol. The third-order valence-electron chi connectivity index (χ3n) is 4.53. The first-order valence-electron chi connectivity index (χ1n) is 9.84. The lowest BCUT2D eigenvalue weighted by molar-refractivity contribution is -0.129. The van der Waals surface area contributed by atoms with Crippen LogP contribution in [0.2, 0.25) is 0 Å². The van der Waals surface area contributed by atoms with E-state index in [1.807, 2.05) is 42.5 Å². The summed E-state index contributed by atoms with van der Waals surface area (Å²) in [6, 6.07) is 22.5. The number of anilines is 1. The molecule has 32 heavy (non-hydrogen) atoms. The SMILES string of the molecule is CC(=O)Nc1ccc(C2=N/C(=C\c3cccc(OCc4cccc(I)c4)c3)C(=O)O2)cc1. The average molecular weight is 538 g/mol. The third kappa shape index (κ3) is 5.61. The van der Waals surface area contributed by atoms with Gasteiger partial charge in [-0.25, -0.2) is 9.79 Å². The number of amides is 1. The molecular weight excluding hydrogens is 519 g/mol. The second-order valence-corrected chi connectivity index (χ2v) is 8.33. The van der Waals surface area contributed by atoms with Gasteiger partial charge in [0.25, 0.3) is 0 Å². The zero-order valence-corrected chi connectivity index (χ0v) is 19.3. The number of halogens is 1. The van der Waals surface area contributed by atoms with Crippen molar-refractivity contribution in [3.05, 3.63) is 98.8 Å². The van der Waals surface area contributed by atoms with Gasteiger partial charge in [0, 0.05) is 21.7 Å². The summed E-state index contributed by atoms with van der Waals surface area (Å²) in [5.74, 6) is 0.248. The van der Waals surface area contributed by atoms with E-state index in [-0.39, 0.29) is 17.5 Å². The molecule has 0 aliphatic carbocycles. The molecule has 6 nitrogen and oxygen atoms in total. The molecule has 1 N–H and O–H groups in total. The van der Waals surface area contributed by atoms with E-state index in [9.17, 15) is 9.59 Å². The Labute approximate surface area is 199 Å². The molecule has 0 aromatic heterocycles. The summed E-state index contributed by atoms with van der Waals surface area (Å²) >= 11 is 2.27. The van der Waals surface area contributed by atoms with E-state index in [4.69, 9.17) is 9.47 Å². The van der Waals surface area contributed by atoms with Crippen LogP contribution in [-0.2, 0) is 20.9 Å². The molecule has 4 rings (SSSR count). The van der Waals surface area contributed by atoms with Gasteiger partial charge in [-0.2, -0.15) is 0 Å². The highest BCUT2D eigenvalue weighted by Crippen LogP contribution is 2.23. The first-order chi connectivity index (χ1) is 15.5. The summed E-state index contributed by atoms with van der Waals surface area (Å²) in [6.07, 6.45) is 1.67. The fourth-order valence-electron chi connectivity index (χ4n) is 3.08. The molecule has 0 saturated carbocycles. The fourth-order valence-corrected chi connectivity index (χ4v) is 3.69. The minimum absolute atomic E-state index is 0.155. The molecule has 0 fully saturated rings. The van der Waals surface area contributed by atoms with Crippen molar-refractivity contribution in [2.24, 2.45) is 4.99 Å². The molecule has 7 heteroatoms.